The van der Waals surface area contributed by atoms with Gasteiger partial charge in [0.15, 0.2) is 0 Å². The number of rotatable bonds is 3. The maximum atomic E-state index is 12.1. The first-order valence-electron chi connectivity index (χ1n) is 4.64. The number of halogens is 3. The lowest BCUT2D eigenvalue weighted by Gasteiger charge is -2.18. The standard InChI is InChI=1S/C8H9F3O5S2/c1-15-7(12)6-5(3-2-4-17-6)16-18(13,14)8(9,10)11/h2-4H2,1H3. The molecule has 0 unspecified atom stereocenters. The molecule has 0 atom stereocenters. The SMILES string of the molecule is COC(=O)C1=C(OS(=O)(=O)C(F)(F)F)CCCS1. The molecule has 0 radical (unpaired) electrons. The van der Waals surface area contributed by atoms with Gasteiger partial charge in [-0.15, -0.1) is 11.8 Å². The molecule has 0 aromatic carbocycles. The quantitative estimate of drug-likeness (QED) is 0.449. The van der Waals surface area contributed by atoms with E-state index in [4.69, 9.17) is 0 Å². The zero-order valence-corrected chi connectivity index (χ0v) is 10.7. The van der Waals surface area contributed by atoms with E-state index >= 15 is 0 Å². The van der Waals surface area contributed by atoms with Crippen molar-refractivity contribution in [3.8, 4) is 0 Å². The molecule has 10 heteroatoms. The molecular weight excluding hydrogens is 297 g/mol. The summed E-state index contributed by atoms with van der Waals surface area (Å²) in [5.74, 6) is -0.953. The van der Waals surface area contributed by atoms with Gasteiger partial charge >= 0.3 is 21.6 Å². The summed E-state index contributed by atoms with van der Waals surface area (Å²) in [6.45, 7) is 0. The zero-order valence-electron chi connectivity index (χ0n) is 9.11. The predicted molar refractivity (Wildman–Crippen MR) is 56.8 cm³/mol. The van der Waals surface area contributed by atoms with Gasteiger partial charge in [0.25, 0.3) is 0 Å². The highest BCUT2D eigenvalue weighted by Gasteiger charge is 2.49. The van der Waals surface area contributed by atoms with Crippen LogP contribution >= 0.6 is 11.8 Å². The first-order chi connectivity index (χ1) is 8.19. The highest BCUT2D eigenvalue weighted by Crippen LogP contribution is 2.35. The molecule has 0 N–H and O–H groups in total. The van der Waals surface area contributed by atoms with Gasteiger partial charge in [0, 0.05) is 6.42 Å². The summed E-state index contributed by atoms with van der Waals surface area (Å²) < 4.78 is 66.4. The van der Waals surface area contributed by atoms with Crippen LogP contribution in [-0.4, -0.2) is 32.8 Å². The van der Waals surface area contributed by atoms with Crippen LogP contribution < -0.4 is 0 Å². The number of carbonyl (C=O) groups is 1. The van der Waals surface area contributed by atoms with E-state index in [-0.39, 0.29) is 11.3 Å². The van der Waals surface area contributed by atoms with Crippen LogP contribution in [0, 0.1) is 0 Å². The fourth-order valence-corrected chi connectivity index (χ4v) is 2.70. The lowest BCUT2D eigenvalue weighted by molar-refractivity contribution is -0.135. The van der Waals surface area contributed by atoms with Gasteiger partial charge in [-0.3, -0.25) is 0 Å². The van der Waals surface area contributed by atoms with Crippen molar-refractivity contribution in [2.75, 3.05) is 12.9 Å². The molecule has 1 aliphatic heterocycles. The van der Waals surface area contributed by atoms with Gasteiger partial charge in [-0.2, -0.15) is 21.6 Å². The molecule has 0 saturated heterocycles. The number of thioether (sulfide) groups is 1. The summed E-state index contributed by atoms with van der Waals surface area (Å²) in [6, 6.07) is 0. The molecule has 0 spiro atoms. The minimum atomic E-state index is -5.75. The van der Waals surface area contributed by atoms with Crippen molar-refractivity contribution in [3.05, 3.63) is 10.7 Å². The molecule has 1 rings (SSSR count). The molecule has 0 fully saturated rings. The molecule has 0 bridgehead atoms. The van der Waals surface area contributed by atoms with Crippen molar-refractivity contribution < 1.29 is 35.3 Å². The third-order valence-corrected chi connectivity index (χ3v) is 4.08. The van der Waals surface area contributed by atoms with Gasteiger partial charge in [-0.05, 0) is 12.2 Å². The predicted octanol–water partition coefficient (Wildman–Crippen LogP) is 1.76. The Labute approximate surface area is 105 Å². The monoisotopic (exact) mass is 306 g/mol. The number of hydrogen-bond acceptors (Lipinski definition) is 6. The summed E-state index contributed by atoms with van der Waals surface area (Å²) in [5, 5.41) is 0. The Kier molecular flexibility index (Phi) is 4.54. The number of esters is 1. The molecular formula is C8H9F3O5S2. The number of alkyl halides is 3. The van der Waals surface area contributed by atoms with Gasteiger partial charge in [0.05, 0.1) is 7.11 Å². The van der Waals surface area contributed by atoms with Crippen LogP contribution in [0.1, 0.15) is 12.8 Å². The average Bonchev–Trinajstić information content (AvgIpc) is 2.26. The van der Waals surface area contributed by atoms with Crippen molar-refractivity contribution in [1.29, 1.82) is 0 Å². The Balaban J connectivity index is 3.06. The van der Waals surface area contributed by atoms with E-state index in [1.54, 1.807) is 0 Å². The molecule has 0 aromatic rings. The van der Waals surface area contributed by atoms with E-state index in [0.29, 0.717) is 12.2 Å². The third kappa shape index (κ3) is 3.31. The van der Waals surface area contributed by atoms with Crippen LogP contribution in [0.5, 0.6) is 0 Å². The van der Waals surface area contributed by atoms with Crippen LogP contribution in [0.15, 0.2) is 10.7 Å². The first-order valence-corrected chi connectivity index (χ1v) is 7.03. The largest absolute Gasteiger partial charge is 0.534 e. The summed E-state index contributed by atoms with van der Waals surface area (Å²) in [4.78, 5) is 11.0. The summed E-state index contributed by atoms with van der Waals surface area (Å²) in [5.41, 5.74) is -5.52. The van der Waals surface area contributed by atoms with E-state index in [0.717, 1.165) is 18.9 Å². The summed E-state index contributed by atoms with van der Waals surface area (Å²) in [6.07, 6.45) is 0.348. The second-order valence-corrected chi connectivity index (χ2v) is 5.82. The molecule has 104 valence electrons. The van der Waals surface area contributed by atoms with Gasteiger partial charge < -0.3 is 8.92 Å². The lowest BCUT2D eigenvalue weighted by Crippen LogP contribution is -2.26. The maximum Gasteiger partial charge on any atom is 0.534 e. The second kappa shape index (κ2) is 5.39. The Morgan fingerprint density at radius 2 is 2.00 bits per heavy atom. The Hall–Kier alpha value is -0.900. The number of carbonyl (C=O) groups excluding carboxylic acids is 1. The van der Waals surface area contributed by atoms with Crippen molar-refractivity contribution in [2.45, 2.75) is 18.3 Å². The summed E-state index contributed by atoms with van der Waals surface area (Å²) in [7, 11) is -4.71. The molecule has 0 aromatic heterocycles. The van der Waals surface area contributed by atoms with Crippen LogP contribution in [0.2, 0.25) is 0 Å². The van der Waals surface area contributed by atoms with Crippen LogP contribution in [-0.2, 0) is 23.8 Å². The first kappa shape index (κ1) is 15.2. The number of allylic oxidation sites excluding steroid dienone is 1. The molecule has 1 heterocycles. The van der Waals surface area contributed by atoms with E-state index < -0.39 is 27.4 Å². The Bertz CT molecular complexity index is 466. The fraction of sp³-hybridized carbons (Fsp3) is 0.625. The van der Waals surface area contributed by atoms with Gasteiger partial charge in [-0.25, -0.2) is 4.79 Å². The molecule has 0 saturated carbocycles. The average molecular weight is 306 g/mol. The fourth-order valence-electron chi connectivity index (χ4n) is 1.13. The van der Waals surface area contributed by atoms with Crippen molar-refractivity contribution in [3.63, 3.8) is 0 Å². The van der Waals surface area contributed by atoms with Crippen molar-refractivity contribution in [2.24, 2.45) is 0 Å². The van der Waals surface area contributed by atoms with Gasteiger partial charge in [0.1, 0.15) is 10.7 Å². The van der Waals surface area contributed by atoms with E-state index in [1.807, 2.05) is 0 Å². The lowest BCUT2D eigenvalue weighted by atomic mass is 10.2. The highest BCUT2D eigenvalue weighted by atomic mass is 32.2. The van der Waals surface area contributed by atoms with Crippen LogP contribution in [0.3, 0.4) is 0 Å². The van der Waals surface area contributed by atoms with Crippen molar-refractivity contribution in [1.82, 2.24) is 0 Å². The minimum Gasteiger partial charge on any atom is -0.465 e. The van der Waals surface area contributed by atoms with E-state index in [1.165, 1.54) is 0 Å². The van der Waals surface area contributed by atoms with Gasteiger partial charge in [0.2, 0.25) is 0 Å². The maximum absolute atomic E-state index is 12.1. The molecule has 0 amide bonds. The van der Waals surface area contributed by atoms with Gasteiger partial charge in [-0.1, -0.05) is 0 Å². The number of ether oxygens (including phenoxy) is 1. The molecule has 1 aliphatic rings. The zero-order chi connectivity index (χ0) is 14.0. The van der Waals surface area contributed by atoms with E-state index in [9.17, 15) is 26.4 Å². The minimum absolute atomic E-state index is 0.0628. The van der Waals surface area contributed by atoms with Crippen LogP contribution in [0.4, 0.5) is 13.2 Å². The number of methoxy groups -OCH3 is 1. The van der Waals surface area contributed by atoms with E-state index in [2.05, 4.69) is 8.92 Å². The number of hydrogen-bond donors (Lipinski definition) is 0. The highest BCUT2D eigenvalue weighted by molar-refractivity contribution is 8.04. The molecule has 5 nitrogen and oxygen atoms in total. The summed E-state index contributed by atoms with van der Waals surface area (Å²) >= 11 is 0.904. The molecule has 18 heavy (non-hydrogen) atoms. The van der Waals surface area contributed by atoms with Crippen LogP contribution in [0.25, 0.3) is 0 Å². The molecule has 0 aliphatic carbocycles. The topological polar surface area (TPSA) is 69.7 Å². The Morgan fingerprint density at radius 3 is 2.50 bits per heavy atom. The van der Waals surface area contributed by atoms with Crippen molar-refractivity contribution >= 4 is 27.8 Å². The normalized spacial score (nSPS) is 17.6. The third-order valence-electron chi connectivity index (χ3n) is 1.91. The Morgan fingerprint density at radius 1 is 1.39 bits per heavy atom. The second-order valence-electron chi connectivity index (χ2n) is 3.18. The smallest absolute Gasteiger partial charge is 0.465 e.